The molecule has 0 spiro atoms. The van der Waals surface area contributed by atoms with Crippen LogP contribution >= 0.6 is 0 Å². The predicted octanol–water partition coefficient (Wildman–Crippen LogP) is 0.544. The summed E-state index contributed by atoms with van der Waals surface area (Å²) in [5, 5.41) is 12.5. The smallest absolute Gasteiger partial charge is 0.330 e. The largest absolute Gasteiger partial charge is 0.480 e. The van der Waals surface area contributed by atoms with Gasteiger partial charge in [-0.15, -0.1) is 5.06 Å². The number of rotatable bonds is 4. The van der Waals surface area contributed by atoms with Crippen molar-refractivity contribution >= 4 is 17.8 Å². The molecule has 0 saturated carbocycles. The van der Waals surface area contributed by atoms with Gasteiger partial charge in [-0.2, -0.15) is 0 Å². The number of carboxylic acids is 1. The Labute approximate surface area is 118 Å². The van der Waals surface area contributed by atoms with Crippen LogP contribution in [0.3, 0.4) is 0 Å². The molecule has 1 saturated heterocycles. The zero-order valence-corrected chi connectivity index (χ0v) is 12.3. The lowest BCUT2D eigenvalue weighted by atomic mass is 9.98. The number of nitrogens with one attached hydrogen (secondary N) is 1. The van der Waals surface area contributed by atoms with Crippen LogP contribution in [0.1, 0.15) is 40.5 Å². The standard InChI is InChI=1S/C13H22N2O5/c1-8(11(17)18)14-10(16)9-6-5-7-15(9)20-12(19)13(2,3)4/h8-9H,5-7H2,1-4H3,(H,14,16)(H,17,18)/t8-,9-/m0/s1. The number of hydrogen-bond donors (Lipinski definition) is 2. The highest BCUT2D eigenvalue weighted by molar-refractivity contribution is 5.87. The Hall–Kier alpha value is -1.63. The Morgan fingerprint density at radius 1 is 1.35 bits per heavy atom. The first-order valence-corrected chi connectivity index (χ1v) is 6.65. The average molecular weight is 286 g/mol. The fourth-order valence-electron chi connectivity index (χ4n) is 1.73. The molecule has 0 bridgehead atoms. The highest BCUT2D eigenvalue weighted by Crippen LogP contribution is 2.22. The van der Waals surface area contributed by atoms with Crippen molar-refractivity contribution in [3.8, 4) is 0 Å². The van der Waals surface area contributed by atoms with Crippen molar-refractivity contribution in [2.24, 2.45) is 5.41 Å². The zero-order chi connectivity index (χ0) is 15.5. The van der Waals surface area contributed by atoms with E-state index in [0.717, 1.165) is 6.42 Å². The number of hydrogen-bond acceptors (Lipinski definition) is 5. The van der Waals surface area contributed by atoms with Crippen molar-refractivity contribution in [1.29, 1.82) is 0 Å². The number of aliphatic carboxylic acids is 1. The van der Waals surface area contributed by atoms with Crippen molar-refractivity contribution < 1.29 is 24.3 Å². The molecule has 0 aromatic heterocycles. The van der Waals surface area contributed by atoms with E-state index in [4.69, 9.17) is 9.94 Å². The Balaban J connectivity index is 2.63. The fourth-order valence-corrected chi connectivity index (χ4v) is 1.73. The zero-order valence-electron chi connectivity index (χ0n) is 12.3. The molecule has 7 heteroatoms. The molecule has 0 aliphatic carbocycles. The number of carbonyl (C=O) groups is 3. The first-order valence-electron chi connectivity index (χ1n) is 6.65. The number of carboxylic acid groups (broad SMARTS) is 1. The summed E-state index contributed by atoms with van der Waals surface area (Å²) < 4.78 is 0. The van der Waals surface area contributed by atoms with Crippen molar-refractivity contribution in [3.63, 3.8) is 0 Å². The van der Waals surface area contributed by atoms with E-state index in [0.29, 0.717) is 13.0 Å². The number of carbonyl (C=O) groups excluding carboxylic acids is 2. The van der Waals surface area contributed by atoms with Crippen LogP contribution in [-0.2, 0) is 19.2 Å². The maximum Gasteiger partial charge on any atom is 0.330 e. The van der Waals surface area contributed by atoms with Gasteiger partial charge in [0.05, 0.1) is 5.41 Å². The fraction of sp³-hybridized carbons (Fsp3) is 0.769. The minimum Gasteiger partial charge on any atom is -0.480 e. The normalized spacial score (nSPS) is 21.3. The van der Waals surface area contributed by atoms with E-state index in [1.807, 2.05) is 0 Å². The van der Waals surface area contributed by atoms with Gasteiger partial charge in [0, 0.05) is 6.54 Å². The first-order chi connectivity index (χ1) is 9.12. The lowest BCUT2D eigenvalue weighted by Gasteiger charge is -2.26. The molecule has 2 N–H and O–H groups in total. The monoisotopic (exact) mass is 286 g/mol. The molecule has 1 rings (SSSR count). The Kier molecular flexibility index (Phi) is 5.10. The third-order valence-electron chi connectivity index (χ3n) is 3.05. The van der Waals surface area contributed by atoms with Crippen molar-refractivity contribution in [2.75, 3.05) is 6.54 Å². The van der Waals surface area contributed by atoms with Gasteiger partial charge in [-0.05, 0) is 40.5 Å². The highest BCUT2D eigenvalue weighted by atomic mass is 16.7. The highest BCUT2D eigenvalue weighted by Gasteiger charge is 2.37. The van der Waals surface area contributed by atoms with Gasteiger partial charge in [0.1, 0.15) is 12.1 Å². The van der Waals surface area contributed by atoms with Crippen LogP contribution in [0.2, 0.25) is 0 Å². The summed E-state index contributed by atoms with van der Waals surface area (Å²) in [6.45, 7) is 7.05. The minimum atomic E-state index is -1.10. The molecule has 2 atom stereocenters. The molecule has 1 fully saturated rings. The van der Waals surface area contributed by atoms with Gasteiger partial charge in [-0.3, -0.25) is 9.59 Å². The summed E-state index contributed by atoms with van der Waals surface area (Å²) in [6, 6.07) is -1.59. The second kappa shape index (κ2) is 6.21. The molecule has 20 heavy (non-hydrogen) atoms. The van der Waals surface area contributed by atoms with Gasteiger partial charge in [-0.1, -0.05) is 0 Å². The molecule has 7 nitrogen and oxygen atoms in total. The summed E-state index contributed by atoms with van der Waals surface area (Å²) in [4.78, 5) is 39.8. The van der Waals surface area contributed by atoms with Gasteiger partial charge in [0.15, 0.2) is 0 Å². The van der Waals surface area contributed by atoms with E-state index in [1.54, 1.807) is 20.8 Å². The summed E-state index contributed by atoms with van der Waals surface area (Å²) in [5.41, 5.74) is -0.655. The van der Waals surface area contributed by atoms with Crippen molar-refractivity contribution in [1.82, 2.24) is 10.4 Å². The van der Waals surface area contributed by atoms with E-state index in [1.165, 1.54) is 12.0 Å². The number of hydroxylamine groups is 2. The third kappa shape index (κ3) is 4.19. The van der Waals surface area contributed by atoms with Gasteiger partial charge < -0.3 is 15.3 Å². The van der Waals surface area contributed by atoms with Crippen LogP contribution in [0.25, 0.3) is 0 Å². The molecule has 114 valence electrons. The van der Waals surface area contributed by atoms with E-state index in [-0.39, 0.29) is 0 Å². The molecule has 0 aromatic carbocycles. The lowest BCUT2D eigenvalue weighted by molar-refractivity contribution is -0.204. The van der Waals surface area contributed by atoms with Gasteiger partial charge >= 0.3 is 11.9 Å². The summed E-state index contributed by atoms with van der Waals surface area (Å²) >= 11 is 0. The third-order valence-corrected chi connectivity index (χ3v) is 3.05. The Bertz CT molecular complexity index is 402. The van der Waals surface area contributed by atoms with Gasteiger partial charge in [0.2, 0.25) is 5.91 Å². The lowest BCUT2D eigenvalue weighted by Crippen LogP contribution is -2.49. The van der Waals surface area contributed by atoms with Crippen LogP contribution in [-0.4, -0.2) is 46.6 Å². The molecular weight excluding hydrogens is 264 g/mol. The SMILES string of the molecule is C[C@H](NC(=O)[C@@H]1CCCN1OC(=O)C(C)(C)C)C(=O)O. The summed E-state index contributed by atoms with van der Waals surface area (Å²) in [7, 11) is 0. The Morgan fingerprint density at radius 3 is 2.45 bits per heavy atom. The van der Waals surface area contributed by atoms with Gasteiger partial charge in [0.25, 0.3) is 0 Å². The van der Waals surface area contributed by atoms with E-state index < -0.39 is 35.3 Å². The summed E-state index contributed by atoms with van der Waals surface area (Å²) in [6.07, 6.45) is 1.26. The molecular formula is C13H22N2O5. The average Bonchev–Trinajstić information content (AvgIpc) is 2.75. The topological polar surface area (TPSA) is 95.9 Å². The molecule has 0 unspecified atom stereocenters. The second-order valence-electron chi connectivity index (χ2n) is 6.00. The molecule has 0 radical (unpaired) electrons. The Morgan fingerprint density at radius 2 is 1.95 bits per heavy atom. The maximum atomic E-state index is 12.0. The van der Waals surface area contributed by atoms with Crippen LogP contribution < -0.4 is 5.32 Å². The minimum absolute atomic E-state index is 0.413. The van der Waals surface area contributed by atoms with E-state index in [9.17, 15) is 14.4 Å². The molecule has 1 aliphatic rings. The van der Waals surface area contributed by atoms with Crippen LogP contribution in [0, 0.1) is 5.41 Å². The van der Waals surface area contributed by atoms with Crippen LogP contribution in [0.5, 0.6) is 0 Å². The molecule has 0 aromatic rings. The van der Waals surface area contributed by atoms with Crippen molar-refractivity contribution in [2.45, 2.75) is 52.6 Å². The van der Waals surface area contributed by atoms with E-state index in [2.05, 4.69) is 5.32 Å². The molecule has 1 amide bonds. The number of amides is 1. The second-order valence-corrected chi connectivity index (χ2v) is 6.00. The van der Waals surface area contributed by atoms with Crippen molar-refractivity contribution in [3.05, 3.63) is 0 Å². The first kappa shape index (κ1) is 16.4. The van der Waals surface area contributed by atoms with Crippen LogP contribution in [0.15, 0.2) is 0 Å². The quantitative estimate of drug-likeness (QED) is 0.783. The summed E-state index contributed by atoms with van der Waals surface area (Å²) in [5.74, 6) is -1.95. The maximum absolute atomic E-state index is 12.0. The predicted molar refractivity (Wildman–Crippen MR) is 70.5 cm³/mol. The number of nitrogens with zero attached hydrogens (tertiary/aromatic N) is 1. The van der Waals surface area contributed by atoms with Crippen LogP contribution in [0.4, 0.5) is 0 Å². The molecule has 1 heterocycles. The van der Waals surface area contributed by atoms with Gasteiger partial charge in [-0.25, -0.2) is 4.79 Å². The van der Waals surface area contributed by atoms with E-state index >= 15 is 0 Å². The molecule has 1 aliphatic heterocycles.